The molecule has 3 aromatic rings. The van der Waals surface area contributed by atoms with E-state index in [1.807, 2.05) is 48.5 Å². The zero-order valence-electron chi connectivity index (χ0n) is 11.3. The van der Waals surface area contributed by atoms with Gasteiger partial charge < -0.3 is 5.73 Å². The molecule has 3 rings (SSSR count). The highest BCUT2D eigenvalue weighted by Gasteiger charge is 2.06. The Morgan fingerprint density at radius 2 is 1.76 bits per heavy atom. The van der Waals surface area contributed by atoms with Gasteiger partial charge >= 0.3 is 0 Å². The van der Waals surface area contributed by atoms with Gasteiger partial charge in [-0.15, -0.1) is 11.8 Å². The first kappa shape index (κ1) is 14.2. The maximum atomic E-state index is 5.88. The predicted octanol–water partition coefficient (Wildman–Crippen LogP) is 4.20. The van der Waals surface area contributed by atoms with Crippen molar-refractivity contribution >= 4 is 40.2 Å². The van der Waals surface area contributed by atoms with Crippen molar-refractivity contribution in [3.8, 4) is 0 Å². The van der Waals surface area contributed by atoms with Gasteiger partial charge in [-0.25, -0.2) is 9.97 Å². The van der Waals surface area contributed by atoms with Crippen LogP contribution in [0.3, 0.4) is 0 Å². The van der Waals surface area contributed by atoms with Crippen LogP contribution in [0.5, 0.6) is 0 Å². The van der Waals surface area contributed by atoms with Crippen LogP contribution in [-0.4, -0.2) is 15.7 Å². The minimum atomic E-state index is 0.334. The quantitative estimate of drug-likeness (QED) is 0.733. The highest BCUT2D eigenvalue weighted by Crippen LogP contribution is 2.23. The molecule has 0 aliphatic heterocycles. The molecule has 0 bridgehead atoms. The number of nitrogen functional groups attached to an aromatic ring is 1. The van der Waals surface area contributed by atoms with Crippen LogP contribution in [0.1, 0.15) is 5.69 Å². The summed E-state index contributed by atoms with van der Waals surface area (Å²) in [6, 6.07) is 15.8. The van der Waals surface area contributed by atoms with E-state index >= 15 is 0 Å². The fourth-order valence-electron chi connectivity index (χ4n) is 2.15. The number of hydrogen-bond acceptors (Lipinski definition) is 4. The minimum Gasteiger partial charge on any atom is -0.368 e. The van der Waals surface area contributed by atoms with Gasteiger partial charge in [-0.1, -0.05) is 29.8 Å². The van der Waals surface area contributed by atoms with Crippen LogP contribution in [0.4, 0.5) is 5.95 Å². The standard InChI is InChI=1S/C16H14ClN3S/c17-11-5-7-12(8-6-11)21-10-9-15-13-3-1-2-4-14(13)19-16(18)20-15/h1-8H,9-10H2,(H2,18,19,20). The van der Waals surface area contributed by atoms with Gasteiger partial charge in [-0.2, -0.15) is 0 Å². The largest absolute Gasteiger partial charge is 0.368 e. The van der Waals surface area contributed by atoms with Gasteiger partial charge in [0.2, 0.25) is 5.95 Å². The molecule has 0 aliphatic rings. The van der Waals surface area contributed by atoms with Crippen molar-refractivity contribution in [2.45, 2.75) is 11.3 Å². The van der Waals surface area contributed by atoms with E-state index in [1.165, 1.54) is 4.90 Å². The Balaban J connectivity index is 1.74. The summed E-state index contributed by atoms with van der Waals surface area (Å²) in [7, 11) is 0. The molecule has 0 unspecified atom stereocenters. The first-order valence-electron chi connectivity index (χ1n) is 6.62. The van der Waals surface area contributed by atoms with Crippen LogP contribution in [0.15, 0.2) is 53.4 Å². The van der Waals surface area contributed by atoms with Gasteiger partial charge in [0.25, 0.3) is 0 Å². The zero-order valence-corrected chi connectivity index (χ0v) is 12.9. The summed E-state index contributed by atoms with van der Waals surface area (Å²) < 4.78 is 0. The molecule has 0 spiro atoms. The Morgan fingerprint density at radius 1 is 1.00 bits per heavy atom. The average Bonchev–Trinajstić information content (AvgIpc) is 2.49. The second-order valence-electron chi connectivity index (χ2n) is 4.60. The molecule has 3 nitrogen and oxygen atoms in total. The number of nitrogens with two attached hydrogens (primary N) is 1. The summed E-state index contributed by atoms with van der Waals surface area (Å²) in [6.07, 6.45) is 0.848. The third kappa shape index (κ3) is 3.46. The second kappa shape index (κ2) is 6.33. The van der Waals surface area contributed by atoms with E-state index in [4.69, 9.17) is 17.3 Å². The summed E-state index contributed by atoms with van der Waals surface area (Å²) >= 11 is 7.66. The van der Waals surface area contributed by atoms with E-state index in [-0.39, 0.29) is 0 Å². The molecule has 0 saturated carbocycles. The number of para-hydroxylation sites is 1. The van der Waals surface area contributed by atoms with Crippen molar-refractivity contribution in [1.29, 1.82) is 0 Å². The molecule has 1 heterocycles. The molecule has 2 aromatic carbocycles. The first-order chi connectivity index (χ1) is 10.2. The molecule has 1 aromatic heterocycles. The lowest BCUT2D eigenvalue weighted by molar-refractivity contribution is 1.05. The van der Waals surface area contributed by atoms with Gasteiger partial charge in [0.1, 0.15) is 0 Å². The van der Waals surface area contributed by atoms with Gasteiger partial charge in [0.15, 0.2) is 0 Å². The van der Waals surface area contributed by atoms with Crippen LogP contribution >= 0.6 is 23.4 Å². The van der Waals surface area contributed by atoms with Crippen molar-refractivity contribution in [3.63, 3.8) is 0 Å². The molecule has 0 atom stereocenters. The van der Waals surface area contributed by atoms with E-state index in [2.05, 4.69) is 9.97 Å². The van der Waals surface area contributed by atoms with E-state index < -0.39 is 0 Å². The summed E-state index contributed by atoms with van der Waals surface area (Å²) in [5.41, 5.74) is 7.68. The number of nitrogens with zero attached hydrogens (tertiary/aromatic N) is 2. The third-order valence-corrected chi connectivity index (χ3v) is 4.39. The third-order valence-electron chi connectivity index (χ3n) is 3.12. The Morgan fingerprint density at radius 3 is 2.57 bits per heavy atom. The van der Waals surface area contributed by atoms with E-state index in [0.717, 1.165) is 33.8 Å². The molecule has 106 valence electrons. The van der Waals surface area contributed by atoms with Gasteiger partial charge in [0.05, 0.1) is 11.2 Å². The monoisotopic (exact) mass is 315 g/mol. The maximum Gasteiger partial charge on any atom is 0.220 e. The van der Waals surface area contributed by atoms with Crippen LogP contribution in [0, 0.1) is 0 Å². The molecule has 0 amide bonds. The van der Waals surface area contributed by atoms with Crippen molar-refractivity contribution < 1.29 is 0 Å². The zero-order chi connectivity index (χ0) is 14.7. The van der Waals surface area contributed by atoms with Crippen molar-refractivity contribution in [3.05, 3.63) is 59.2 Å². The number of anilines is 1. The highest BCUT2D eigenvalue weighted by molar-refractivity contribution is 7.99. The first-order valence-corrected chi connectivity index (χ1v) is 7.98. The van der Waals surface area contributed by atoms with Crippen LogP contribution in [-0.2, 0) is 6.42 Å². The number of rotatable bonds is 4. The van der Waals surface area contributed by atoms with E-state index in [1.54, 1.807) is 11.8 Å². The molecule has 5 heteroatoms. The fourth-order valence-corrected chi connectivity index (χ4v) is 3.13. The Bertz CT molecular complexity index is 759. The lowest BCUT2D eigenvalue weighted by Crippen LogP contribution is -2.02. The van der Waals surface area contributed by atoms with Crippen LogP contribution in [0.2, 0.25) is 5.02 Å². The number of benzene rings is 2. The number of halogens is 1. The number of hydrogen-bond donors (Lipinski definition) is 1. The molecule has 0 fully saturated rings. The maximum absolute atomic E-state index is 5.88. The summed E-state index contributed by atoms with van der Waals surface area (Å²) in [4.78, 5) is 9.84. The Kier molecular flexibility index (Phi) is 4.27. The number of thioether (sulfide) groups is 1. The summed E-state index contributed by atoms with van der Waals surface area (Å²) in [5.74, 6) is 1.27. The van der Waals surface area contributed by atoms with E-state index in [9.17, 15) is 0 Å². The lowest BCUT2D eigenvalue weighted by Gasteiger charge is -2.06. The van der Waals surface area contributed by atoms with Crippen molar-refractivity contribution in [1.82, 2.24) is 9.97 Å². The number of aromatic nitrogens is 2. The molecule has 0 saturated heterocycles. The molecule has 0 radical (unpaired) electrons. The SMILES string of the molecule is Nc1nc(CCSc2ccc(Cl)cc2)c2ccccc2n1. The molecule has 21 heavy (non-hydrogen) atoms. The number of fused-ring (bicyclic) bond motifs is 1. The van der Waals surface area contributed by atoms with Crippen LogP contribution in [0.25, 0.3) is 10.9 Å². The smallest absolute Gasteiger partial charge is 0.220 e. The lowest BCUT2D eigenvalue weighted by atomic mass is 10.1. The van der Waals surface area contributed by atoms with Gasteiger partial charge in [-0.05, 0) is 36.8 Å². The molecular weight excluding hydrogens is 302 g/mol. The Labute approximate surface area is 132 Å². The fraction of sp³-hybridized carbons (Fsp3) is 0.125. The summed E-state index contributed by atoms with van der Waals surface area (Å²) in [5, 5.41) is 1.83. The molecule has 0 aliphatic carbocycles. The predicted molar refractivity (Wildman–Crippen MR) is 89.8 cm³/mol. The normalized spacial score (nSPS) is 10.9. The summed E-state index contributed by atoms with van der Waals surface area (Å²) in [6.45, 7) is 0. The van der Waals surface area contributed by atoms with Gasteiger partial charge in [-0.3, -0.25) is 0 Å². The Hall–Kier alpha value is -1.78. The van der Waals surface area contributed by atoms with Crippen molar-refractivity contribution in [2.24, 2.45) is 0 Å². The second-order valence-corrected chi connectivity index (χ2v) is 6.20. The minimum absolute atomic E-state index is 0.334. The average molecular weight is 316 g/mol. The highest BCUT2D eigenvalue weighted by atomic mass is 35.5. The van der Waals surface area contributed by atoms with Crippen LogP contribution < -0.4 is 5.73 Å². The molecular formula is C16H14ClN3S. The van der Waals surface area contributed by atoms with Crippen molar-refractivity contribution in [2.75, 3.05) is 11.5 Å². The van der Waals surface area contributed by atoms with Gasteiger partial charge in [0, 0.05) is 21.1 Å². The molecule has 2 N–H and O–H groups in total. The topological polar surface area (TPSA) is 51.8 Å². The van der Waals surface area contributed by atoms with E-state index in [0.29, 0.717) is 5.95 Å². The number of aryl methyl sites for hydroxylation is 1.